The van der Waals surface area contributed by atoms with E-state index in [4.69, 9.17) is 11.6 Å². The van der Waals surface area contributed by atoms with Gasteiger partial charge < -0.3 is 5.32 Å². The summed E-state index contributed by atoms with van der Waals surface area (Å²) in [4.78, 5) is 11.8. The van der Waals surface area contributed by atoms with Crippen molar-refractivity contribution in [2.45, 2.75) is 12.8 Å². The van der Waals surface area contributed by atoms with Crippen molar-refractivity contribution in [2.75, 3.05) is 16.8 Å². The van der Waals surface area contributed by atoms with Crippen LogP contribution in [0.1, 0.15) is 12.0 Å². The maximum absolute atomic E-state index is 12.0. The lowest BCUT2D eigenvalue weighted by Gasteiger charge is -2.07. The molecule has 0 heterocycles. The molecule has 1 N–H and O–H groups in total. The molecule has 0 aromatic heterocycles. The van der Waals surface area contributed by atoms with Crippen LogP contribution < -0.4 is 5.32 Å². The number of hydrogen-bond donors (Lipinski definition) is 1. The molecular formula is C17H18ClNO3S. The molecule has 0 radical (unpaired) electrons. The number of rotatable bonds is 7. The summed E-state index contributed by atoms with van der Waals surface area (Å²) < 4.78 is 24.0. The zero-order chi connectivity index (χ0) is 16.7. The zero-order valence-electron chi connectivity index (χ0n) is 12.5. The Morgan fingerprint density at radius 2 is 1.78 bits per heavy atom. The molecule has 4 nitrogen and oxygen atoms in total. The molecule has 2 rings (SSSR count). The maximum Gasteiger partial charge on any atom is 0.239 e. The van der Waals surface area contributed by atoms with Crippen molar-refractivity contribution in [2.24, 2.45) is 0 Å². The van der Waals surface area contributed by atoms with Crippen LogP contribution in [-0.4, -0.2) is 25.8 Å². The second kappa shape index (κ2) is 8.13. The van der Waals surface area contributed by atoms with Crippen molar-refractivity contribution < 1.29 is 13.2 Å². The highest BCUT2D eigenvalue weighted by Gasteiger charge is 2.16. The number of benzene rings is 2. The van der Waals surface area contributed by atoms with Gasteiger partial charge in [-0.15, -0.1) is 0 Å². The van der Waals surface area contributed by atoms with Crippen molar-refractivity contribution in [3.63, 3.8) is 0 Å². The molecular weight excluding hydrogens is 334 g/mol. The van der Waals surface area contributed by atoms with Crippen molar-refractivity contribution in [1.29, 1.82) is 0 Å². The summed E-state index contributed by atoms with van der Waals surface area (Å²) >= 11 is 5.82. The van der Waals surface area contributed by atoms with E-state index in [0.29, 0.717) is 23.6 Å². The monoisotopic (exact) mass is 351 g/mol. The number of sulfone groups is 1. The van der Waals surface area contributed by atoms with E-state index < -0.39 is 21.5 Å². The van der Waals surface area contributed by atoms with Gasteiger partial charge in [0.05, 0.1) is 5.75 Å². The molecule has 0 aliphatic rings. The van der Waals surface area contributed by atoms with E-state index >= 15 is 0 Å². The third kappa shape index (κ3) is 6.42. The Morgan fingerprint density at radius 3 is 2.48 bits per heavy atom. The van der Waals surface area contributed by atoms with Gasteiger partial charge in [0.15, 0.2) is 9.84 Å². The van der Waals surface area contributed by atoms with Crippen molar-refractivity contribution in [3.8, 4) is 0 Å². The first-order valence-corrected chi connectivity index (χ1v) is 9.44. The Morgan fingerprint density at radius 1 is 1.04 bits per heavy atom. The lowest BCUT2D eigenvalue weighted by atomic mass is 10.1. The molecule has 2 aromatic carbocycles. The van der Waals surface area contributed by atoms with Crippen LogP contribution in [0, 0.1) is 0 Å². The molecule has 0 fully saturated rings. The summed E-state index contributed by atoms with van der Waals surface area (Å²) in [5.41, 5.74) is 1.58. The Labute approximate surface area is 141 Å². The number of nitrogens with one attached hydrogen (secondary N) is 1. The molecule has 0 atom stereocenters. The fraction of sp³-hybridized carbons (Fsp3) is 0.235. The molecule has 0 saturated carbocycles. The predicted molar refractivity (Wildman–Crippen MR) is 93.5 cm³/mol. The van der Waals surface area contributed by atoms with Crippen LogP contribution in [0.3, 0.4) is 0 Å². The van der Waals surface area contributed by atoms with Gasteiger partial charge in [-0.2, -0.15) is 0 Å². The minimum absolute atomic E-state index is 0.00907. The topological polar surface area (TPSA) is 63.2 Å². The predicted octanol–water partition coefficient (Wildman–Crippen LogP) is 3.33. The number of carbonyl (C=O) groups excluding carboxylic acids is 1. The molecule has 0 saturated heterocycles. The van der Waals surface area contributed by atoms with Gasteiger partial charge in [0.25, 0.3) is 0 Å². The van der Waals surface area contributed by atoms with Gasteiger partial charge in [-0.1, -0.05) is 48.0 Å². The lowest BCUT2D eigenvalue weighted by molar-refractivity contribution is -0.113. The van der Waals surface area contributed by atoms with Crippen LogP contribution in [0.15, 0.2) is 54.6 Å². The normalized spacial score (nSPS) is 11.2. The first-order valence-electron chi connectivity index (χ1n) is 7.24. The largest absolute Gasteiger partial charge is 0.325 e. The van der Waals surface area contributed by atoms with Crippen molar-refractivity contribution >= 4 is 33.0 Å². The van der Waals surface area contributed by atoms with E-state index in [-0.39, 0.29) is 5.75 Å². The molecule has 0 unspecified atom stereocenters. The minimum Gasteiger partial charge on any atom is -0.325 e. The average molecular weight is 352 g/mol. The summed E-state index contributed by atoms with van der Waals surface area (Å²) in [5.74, 6) is -1.08. The number of carbonyl (C=O) groups is 1. The summed E-state index contributed by atoms with van der Waals surface area (Å²) in [6, 6.07) is 16.3. The molecule has 0 bridgehead atoms. The Balaban J connectivity index is 1.82. The molecule has 0 spiro atoms. The van der Waals surface area contributed by atoms with Crippen LogP contribution >= 0.6 is 11.6 Å². The molecule has 0 aliphatic carbocycles. The van der Waals surface area contributed by atoms with Crippen LogP contribution in [0.25, 0.3) is 0 Å². The summed E-state index contributed by atoms with van der Waals surface area (Å²) in [7, 11) is -3.43. The van der Waals surface area contributed by atoms with Gasteiger partial charge in [-0.25, -0.2) is 8.42 Å². The highest BCUT2D eigenvalue weighted by molar-refractivity contribution is 7.92. The van der Waals surface area contributed by atoms with Gasteiger partial charge in [-0.05, 0) is 36.6 Å². The van der Waals surface area contributed by atoms with Crippen LogP contribution in [0.2, 0.25) is 5.02 Å². The Kier molecular flexibility index (Phi) is 6.19. The fourth-order valence-corrected chi connectivity index (χ4v) is 3.57. The molecule has 6 heteroatoms. The van der Waals surface area contributed by atoms with E-state index in [2.05, 4.69) is 5.32 Å². The maximum atomic E-state index is 12.0. The fourth-order valence-electron chi connectivity index (χ4n) is 2.18. The Bertz CT molecular complexity index is 760. The van der Waals surface area contributed by atoms with Crippen LogP contribution in [-0.2, 0) is 21.1 Å². The second-order valence-corrected chi connectivity index (χ2v) is 7.86. The number of amides is 1. The second-order valence-electron chi connectivity index (χ2n) is 5.24. The lowest BCUT2D eigenvalue weighted by Crippen LogP contribution is -2.24. The number of hydrogen-bond acceptors (Lipinski definition) is 3. The smallest absolute Gasteiger partial charge is 0.239 e. The third-order valence-electron chi connectivity index (χ3n) is 3.22. The zero-order valence-corrected chi connectivity index (χ0v) is 14.1. The van der Waals surface area contributed by atoms with E-state index in [1.54, 1.807) is 24.3 Å². The van der Waals surface area contributed by atoms with Gasteiger partial charge >= 0.3 is 0 Å². The molecule has 0 aliphatic heterocycles. The van der Waals surface area contributed by atoms with Gasteiger partial charge in [0.1, 0.15) is 5.75 Å². The Hall–Kier alpha value is -1.85. The summed E-state index contributed by atoms with van der Waals surface area (Å²) in [6.07, 6.45) is 1.17. The van der Waals surface area contributed by atoms with E-state index in [0.717, 1.165) is 5.56 Å². The van der Waals surface area contributed by atoms with Gasteiger partial charge in [0.2, 0.25) is 5.91 Å². The average Bonchev–Trinajstić information content (AvgIpc) is 2.47. The molecule has 23 heavy (non-hydrogen) atoms. The SMILES string of the molecule is O=C(CS(=O)(=O)CCCc1ccccc1)Nc1cccc(Cl)c1. The van der Waals surface area contributed by atoms with Gasteiger partial charge in [0, 0.05) is 10.7 Å². The van der Waals surface area contributed by atoms with Crippen LogP contribution in [0.5, 0.6) is 0 Å². The highest BCUT2D eigenvalue weighted by Crippen LogP contribution is 2.15. The first kappa shape index (κ1) is 17.5. The first-order chi connectivity index (χ1) is 10.9. The minimum atomic E-state index is -3.43. The highest BCUT2D eigenvalue weighted by atomic mass is 35.5. The van der Waals surface area contributed by atoms with Gasteiger partial charge in [-0.3, -0.25) is 4.79 Å². The summed E-state index contributed by atoms with van der Waals surface area (Å²) in [5, 5.41) is 3.02. The number of aryl methyl sites for hydroxylation is 1. The number of anilines is 1. The van der Waals surface area contributed by atoms with Crippen LogP contribution in [0.4, 0.5) is 5.69 Å². The van der Waals surface area contributed by atoms with E-state index in [9.17, 15) is 13.2 Å². The molecule has 2 aromatic rings. The quantitative estimate of drug-likeness (QED) is 0.832. The van der Waals surface area contributed by atoms with Crippen molar-refractivity contribution in [1.82, 2.24) is 0 Å². The van der Waals surface area contributed by atoms with E-state index in [1.165, 1.54) is 0 Å². The standard InChI is InChI=1S/C17H18ClNO3S/c18-15-9-4-10-16(12-15)19-17(20)13-23(21,22)11-5-8-14-6-2-1-3-7-14/h1-4,6-7,9-10,12H,5,8,11,13H2,(H,19,20). The molecule has 1 amide bonds. The number of halogens is 1. The van der Waals surface area contributed by atoms with Crippen molar-refractivity contribution in [3.05, 3.63) is 65.2 Å². The molecule has 122 valence electrons. The third-order valence-corrected chi connectivity index (χ3v) is 5.07. The summed E-state index contributed by atoms with van der Waals surface area (Å²) in [6.45, 7) is 0. The van der Waals surface area contributed by atoms with E-state index in [1.807, 2.05) is 30.3 Å².